The molecule has 7 heteroatoms. The number of nitrogens with one attached hydrogen (secondary N) is 1. The SMILES string of the molecule is CCN(CC)C(=O)c1ccc(NC(=O)Cn2c(COc3ccccc3)nc3ccccc32)cc1. The summed E-state index contributed by atoms with van der Waals surface area (Å²) in [6.07, 6.45) is 0. The van der Waals surface area contributed by atoms with Crippen molar-refractivity contribution < 1.29 is 14.3 Å². The molecule has 0 aliphatic heterocycles. The van der Waals surface area contributed by atoms with Gasteiger partial charge in [-0.1, -0.05) is 30.3 Å². The number of ether oxygens (including phenoxy) is 1. The highest BCUT2D eigenvalue weighted by Crippen LogP contribution is 2.19. The lowest BCUT2D eigenvalue weighted by Gasteiger charge is -2.18. The van der Waals surface area contributed by atoms with Crippen LogP contribution in [-0.2, 0) is 17.9 Å². The van der Waals surface area contributed by atoms with Crippen molar-refractivity contribution in [3.05, 3.63) is 90.3 Å². The van der Waals surface area contributed by atoms with Crippen molar-refractivity contribution in [1.82, 2.24) is 14.5 Å². The number of imidazole rings is 1. The van der Waals surface area contributed by atoms with Crippen LogP contribution < -0.4 is 10.1 Å². The van der Waals surface area contributed by atoms with E-state index in [-0.39, 0.29) is 25.0 Å². The molecule has 4 aromatic rings. The summed E-state index contributed by atoms with van der Waals surface area (Å²) >= 11 is 0. The second kappa shape index (κ2) is 10.7. The summed E-state index contributed by atoms with van der Waals surface area (Å²) in [6.45, 7) is 5.55. The number of nitrogens with zero attached hydrogens (tertiary/aromatic N) is 3. The Bertz CT molecular complexity index is 1260. The zero-order valence-electron chi connectivity index (χ0n) is 19.4. The van der Waals surface area contributed by atoms with Crippen LogP contribution in [0.3, 0.4) is 0 Å². The number of fused-ring (bicyclic) bond motifs is 1. The highest BCUT2D eigenvalue weighted by atomic mass is 16.5. The maximum atomic E-state index is 12.9. The summed E-state index contributed by atoms with van der Waals surface area (Å²) in [4.78, 5) is 31.8. The van der Waals surface area contributed by atoms with Crippen LogP contribution in [0.25, 0.3) is 11.0 Å². The third kappa shape index (κ3) is 5.26. The molecule has 0 fully saturated rings. The molecule has 0 unspecified atom stereocenters. The lowest BCUT2D eigenvalue weighted by Crippen LogP contribution is -2.30. The zero-order chi connectivity index (χ0) is 23.9. The number of aromatic nitrogens is 2. The van der Waals surface area contributed by atoms with Gasteiger partial charge in [0, 0.05) is 24.3 Å². The number of carbonyl (C=O) groups is 2. The first-order chi connectivity index (χ1) is 16.6. The molecule has 0 saturated carbocycles. The van der Waals surface area contributed by atoms with Gasteiger partial charge < -0.3 is 19.5 Å². The molecule has 4 rings (SSSR count). The van der Waals surface area contributed by atoms with Gasteiger partial charge in [-0.05, 0) is 62.4 Å². The van der Waals surface area contributed by atoms with Crippen molar-refractivity contribution in [3.8, 4) is 5.75 Å². The Morgan fingerprint density at radius 1 is 0.912 bits per heavy atom. The Morgan fingerprint density at radius 3 is 2.29 bits per heavy atom. The van der Waals surface area contributed by atoms with Crippen molar-refractivity contribution in [2.24, 2.45) is 0 Å². The lowest BCUT2D eigenvalue weighted by molar-refractivity contribution is -0.116. The number of carbonyl (C=O) groups excluding carboxylic acids is 2. The first kappa shape index (κ1) is 23.0. The van der Waals surface area contributed by atoms with E-state index < -0.39 is 0 Å². The van der Waals surface area contributed by atoms with E-state index in [1.54, 1.807) is 29.2 Å². The van der Waals surface area contributed by atoms with Crippen LogP contribution in [-0.4, -0.2) is 39.4 Å². The predicted molar refractivity (Wildman–Crippen MR) is 133 cm³/mol. The molecule has 1 aromatic heterocycles. The van der Waals surface area contributed by atoms with Crippen LogP contribution in [0.2, 0.25) is 0 Å². The molecule has 0 saturated heterocycles. The van der Waals surface area contributed by atoms with Gasteiger partial charge >= 0.3 is 0 Å². The summed E-state index contributed by atoms with van der Waals surface area (Å²) < 4.78 is 7.75. The van der Waals surface area contributed by atoms with Gasteiger partial charge in [-0.15, -0.1) is 0 Å². The van der Waals surface area contributed by atoms with E-state index in [1.165, 1.54) is 0 Å². The van der Waals surface area contributed by atoms with E-state index in [4.69, 9.17) is 4.74 Å². The Hall–Kier alpha value is -4.13. The monoisotopic (exact) mass is 456 g/mol. The van der Waals surface area contributed by atoms with Crippen LogP contribution in [0.5, 0.6) is 5.75 Å². The highest BCUT2D eigenvalue weighted by molar-refractivity contribution is 5.96. The van der Waals surface area contributed by atoms with Gasteiger partial charge in [0.05, 0.1) is 11.0 Å². The Balaban J connectivity index is 1.47. The van der Waals surface area contributed by atoms with Gasteiger partial charge in [-0.25, -0.2) is 4.98 Å². The number of para-hydroxylation sites is 3. The molecular weight excluding hydrogens is 428 g/mol. The van der Waals surface area contributed by atoms with Gasteiger partial charge in [-0.3, -0.25) is 9.59 Å². The van der Waals surface area contributed by atoms with E-state index in [1.807, 2.05) is 73.0 Å². The summed E-state index contributed by atoms with van der Waals surface area (Å²) in [7, 11) is 0. The standard InChI is InChI=1S/C27H28N4O3/c1-3-30(4-2)27(33)20-14-16-21(17-15-20)28-26(32)18-31-24-13-9-8-12-23(24)29-25(31)19-34-22-10-6-5-7-11-22/h5-17H,3-4,18-19H2,1-2H3,(H,28,32). The van der Waals surface area contributed by atoms with E-state index >= 15 is 0 Å². The molecular formula is C27H28N4O3. The molecule has 34 heavy (non-hydrogen) atoms. The topological polar surface area (TPSA) is 76.5 Å². The Morgan fingerprint density at radius 2 is 1.59 bits per heavy atom. The van der Waals surface area contributed by atoms with Crippen molar-refractivity contribution in [1.29, 1.82) is 0 Å². The third-order valence-corrected chi connectivity index (χ3v) is 5.61. The molecule has 0 spiro atoms. The molecule has 0 aliphatic rings. The number of benzene rings is 3. The van der Waals surface area contributed by atoms with Gasteiger partial charge in [0.25, 0.3) is 5.91 Å². The molecule has 0 atom stereocenters. The quantitative estimate of drug-likeness (QED) is 0.395. The zero-order valence-corrected chi connectivity index (χ0v) is 19.4. The number of anilines is 1. The number of hydrogen-bond donors (Lipinski definition) is 1. The molecule has 1 heterocycles. The molecule has 1 N–H and O–H groups in total. The third-order valence-electron chi connectivity index (χ3n) is 5.61. The van der Waals surface area contributed by atoms with E-state index in [0.717, 1.165) is 16.8 Å². The number of amides is 2. The molecule has 0 radical (unpaired) electrons. The Kier molecular flexibility index (Phi) is 7.22. The summed E-state index contributed by atoms with van der Waals surface area (Å²) in [6, 6.07) is 24.2. The van der Waals surface area contributed by atoms with E-state index in [9.17, 15) is 9.59 Å². The van der Waals surface area contributed by atoms with Crippen LogP contribution >= 0.6 is 0 Å². The van der Waals surface area contributed by atoms with Gasteiger partial charge in [-0.2, -0.15) is 0 Å². The molecule has 0 aliphatic carbocycles. The van der Waals surface area contributed by atoms with Gasteiger partial charge in [0.15, 0.2) is 0 Å². The lowest BCUT2D eigenvalue weighted by atomic mass is 10.1. The summed E-state index contributed by atoms with van der Waals surface area (Å²) in [5.41, 5.74) is 2.90. The van der Waals surface area contributed by atoms with Crippen LogP contribution in [0.1, 0.15) is 30.0 Å². The van der Waals surface area contributed by atoms with Gasteiger partial charge in [0.2, 0.25) is 5.91 Å². The fourth-order valence-corrected chi connectivity index (χ4v) is 3.81. The van der Waals surface area contributed by atoms with Crippen molar-refractivity contribution >= 4 is 28.5 Å². The molecule has 174 valence electrons. The normalized spacial score (nSPS) is 10.8. The molecule has 2 amide bonds. The van der Waals surface area contributed by atoms with Gasteiger partial charge in [0.1, 0.15) is 24.7 Å². The van der Waals surface area contributed by atoms with Crippen molar-refractivity contribution in [2.75, 3.05) is 18.4 Å². The fraction of sp³-hybridized carbons (Fsp3) is 0.222. The Labute approximate surface area is 199 Å². The highest BCUT2D eigenvalue weighted by Gasteiger charge is 2.15. The maximum Gasteiger partial charge on any atom is 0.253 e. The molecule has 7 nitrogen and oxygen atoms in total. The summed E-state index contributed by atoms with van der Waals surface area (Å²) in [5, 5.41) is 2.92. The average Bonchev–Trinajstić information content (AvgIpc) is 3.21. The number of rotatable bonds is 9. The maximum absolute atomic E-state index is 12.9. The summed E-state index contributed by atoms with van der Waals surface area (Å²) in [5.74, 6) is 1.20. The van der Waals surface area contributed by atoms with E-state index in [2.05, 4.69) is 10.3 Å². The molecule has 3 aromatic carbocycles. The fourth-order valence-electron chi connectivity index (χ4n) is 3.81. The smallest absolute Gasteiger partial charge is 0.253 e. The second-order valence-corrected chi connectivity index (χ2v) is 7.81. The predicted octanol–water partition coefficient (Wildman–Crippen LogP) is 4.74. The largest absolute Gasteiger partial charge is 0.486 e. The number of hydrogen-bond acceptors (Lipinski definition) is 4. The average molecular weight is 457 g/mol. The first-order valence-electron chi connectivity index (χ1n) is 11.4. The van der Waals surface area contributed by atoms with Crippen LogP contribution in [0.4, 0.5) is 5.69 Å². The molecule has 0 bridgehead atoms. The van der Waals surface area contributed by atoms with E-state index in [0.29, 0.717) is 30.2 Å². The minimum Gasteiger partial charge on any atom is -0.486 e. The van der Waals surface area contributed by atoms with Crippen LogP contribution in [0.15, 0.2) is 78.9 Å². The van der Waals surface area contributed by atoms with Crippen molar-refractivity contribution in [3.63, 3.8) is 0 Å². The van der Waals surface area contributed by atoms with Crippen molar-refractivity contribution in [2.45, 2.75) is 27.0 Å². The first-order valence-corrected chi connectivity index (χ1v) is 11.4. The second-order valence-electron chi connectivity index (χ2n) is 7.81. The van der Waals surface area contributed by atoms with Crippen LogP contribution in [0, 0.1) is 0 Å². The minimum absolute atomic E-state index is 0.0178. The minimum atomic E-state index is -0.188.